The van der Waals surface area contributed by atoms with Gasteiger partial charge in [0.25, 0.3) is 5.69 Å². The highest BCUT2D eigenvalue weighted by molar-refractivity contribution is 5.95. The third-order valence-electron chi connectivity index (χ3n) is 3.62. The molecule has 0 aliphatic carbocycles. The molecule has 0 bridgehead atoms. The minimum Gasteiger partial charge on any atom is -0.385 e. The number of Topliss-reactive ketones (excluding diaryl/α,β-unsaturated/α-hetero) is 1. The van der Waals surface area contributed by atoms with Gasteiger partial charge >= 0.3 is 0 Å². The molecule has 0 heterocycles. The molecule has 0 aromatic heterocycles. The Morgan fingerprint density at radius 2 is 1.83 bits per heavy atom. The van der Waals surface area contributed by atoms with Gasteiger partial charge in [0.05, 0.1) is 4.92 Å². The minimum absolute atomic E-state index is 0.0936. The summed E-state index contributed by atoms with van der Waals surface area (Å²) in [6, 6.07) is 12.4. The Bertz CT molecular complexity index is 727. The second-order valence-electron chi connectivity index (χ2n) is 5.52. The maximum Gasteiger partial charge on any atom is 0.293 e. The van der Waals surface area contributed by atoms with Gasteiger partial charge in [0.1, 0.15) is 5.69 Å². The Balaban J connectivity index is 2.08. The number of nitro groups is 1. The van der Waals surface area contributed by atoms with Gasteiger partial charge in [-0.2, -0.15) is 0 Å². The van der Waals surface area contributed by atoms with Gasteiger partial charge in [-0.1, -0.05) is 19.1 Å². The van der Waals surface area contributed by atoms with Gasteiger partial charge in [-0.25, -0.2) is 0 Å². The Morgan fingerprint density at radius 1 is 1.12 bits per heavy atom. The fourth-order valence-corrected chi connectivity index (χ4v) is 2.26. The number of benzene rings is 2. The number of anilines is 2. The average molecular weight is 327 g/mol. The van der Waals surface area contributed by atoms with Crippen LogP contribution in [0.2, 0.25) is 0 Å². The van der Waals surface area contributed by atoms with Gasteiger partial charge in [0, 0.05) is 30.4 Å². The monoisotopic (exact) mass is 327 g/mol. The Morgan fingerprint density at radius 3 is 2.42 bits per heavy atom. The first-order valence-corrected chi connectivity index (χ1v) is 7.87. The van der Waals surface area contributed by atoms with Gasteiger partial charge in [-0.15, -0.1) is 0 Å². The topological polar surface area (TPSA) is 84.3 Å². The Hall–Kier alpha value is -2.89. The summed E-state index contributed by atoms with van der Waals surface area (Å²) in [7, 11) is 0. The fourth-order valence-electron chi connectivity index (χ4n) is 2.26. The highest BCUT2D eigenvalue weighted by Gasteiger charge is 2.15. The highest BCUT2D eigenvalue weighted by Crippen LogP contribution is 2.26. The number of hydrogen-bond donors (Lipinski definition) is 2. The molecular weight excluding hydrogens is 306 g/mol. The van der Waals surface area contributed by atoms with Gasteiger partial charge in [-0.3, -0.25) is 14.9 Å². The summed E-state index contributed by atoms with van der Waals surface area (Å²) in [5, 5.41) is 17.6. The summed E-state index contributed by atoms with van der Waals surface area (Å²) in [6.07, 6.45) is 1.06. The SMILES string of the molecule is CCCNc1ccc(CNc2ccc(C(C)=O)cc2[N+](=O)[O-])cc1. The molecule has 0 saturated heterocycles. The van der Waals surface area contributed by atoms with Gasteiger partial charge in [-0.05, 0) is 43.2 Å². The van der Waals surface area contributed by atoms with Gasteiger partial charge < -0.3 is 10.6 Å². The second-order valence-corrected chi connectivity index (χ2v) is 5.52. The van der Waals surface area contributed by atoms with E-state index in [2.05, 4.69) is 17.6 Å². The zero-order valence-corrected chi connectivity index (χ0v) is 13.8. The van der Waals surface area contributed by atoms with E-state index in [0.717, 1.165) is 24.2 Å². The van der Waals surface area contributed by atoms with Crippen LogP contribution in [-0.2, 0) is 6.54 Å². The smallest absolute Gasteiger partial charge is 0.293 e. The lowest BCUT2D eigenvalue weighted by atomic mass is 10.1. The predicted octanol–water partition coefficient (Wildman–Crippen LogP) is 4.23. The molecule has 0 unspecified atom stereocenters. The van der Waals surface area contributed by atoms with E-state index in [0.29, 0.717) is 17.8 Å². The van der Waals surface area contributed by atoms with E-state index >= 15 is 0 Å². The number of rotatable bonds is 8. The molecule has 2 aromatic carbocycles. The number of nitrogens with zero attached hydrogens (tertiary/aromatic N) is 1. The van der Waals surface area contributed by atoms with Crippen LogP contribution in [0.3, 0.4) is 0 Å². The van der Waals surface area contributed by atoms with Gasteiger partial charge in [0.15, 0.2) is 5.78 Å². The molecular formula is C18H21N3O3. The number of hydrogen-bond acceptors (Lipinski definition) is 5. The van der Waals surface area contributed by atoms with Crippen molar-refractivity contribution in [1.82, 2.24) is 0 Å². The van der Waals surface area contributed by atoms with Crippen molar-refractivity contribution in [1.29, 1.82) is 0 Å². The van der Waals surface area contributed by atoms with Crippen molar-refractivity contribution in [2.24, 2.45) is 0 Å². The third-order valence-corrected chi connectivity index (χ3v) is 3.62. The van der Waals surface area contributed by atoms with Crippen LogP contribution < -0.4 is 10.6 Å². The van der Waals surface area contributed by atoms with E-state index < -0.39 is 4.92 Å². The van der Waals surface area contributed by atoms with Crippen LogP contribution in [0.4, 0.5) is 17.1 Å². The first kappa shape index (κ1) is 17.5. The molecule has 0 saturated carbocycles. The molecule has 2 aromatic rings. The van der Waals surface area contributed by atoms with Crippen molar-refractivity contribution in [3.8, 4) is 0 Å². The van der Waals surface area contributed by atoms with Crippen molar-refractivity contribution in [3.63, 3.8) is 0 Å². The Kier molecular flexibility index (Phi) is 5.89. The first-order valence-electron chi connectivity index (χ1n) is 7.87. The molecule has 2 N–H and O–H groups in total. The van der Waals surface area contributed by atoms with Crippen LogP contribution in [-0.4, -0.2) is 17.3 Å². The van der Waals surface area contributed by atoms with E-state index in [1.807, 2.05) is 24.3 Å². The number of nitrogens with one attached hydrogen (secondary N) is 2. The summed E-state index contributed by atoms with van der Waals surface area (Å²) >= 11 is 0. The molecule has 2 rings (SSSR count). The maximum absolute atomic E-state index is 11.4. The molecule has 0 amide bonds. The zero-order chi connectivity index (χ0) is 17.5. The van der Waals surface area contributed by atoms with Crippen LogP contribution in [0.5, 0.6) is 0 Å². The van der Waals surface area contributed by atoms with Crippen LogP contribution in [0.1, 0.15) is 36.2 Å². The predicted molar refractivity (Wildman–Crippen MR) is 95.7 cm³/mol. The number of carbonyl (C=O) groups is 1. The van der Waals surface area contributed by atoms with Crippen molar-refractivity contribution in [2.45, 2.75) is 26.8 Å². The maximum atomic E-state index is 11.4. The quantitative estimate of drug-likeness (QED) is 0.430. The van der Waals surface area contributed by atoms with Crippen LogP contribution in [0, 0.1) is 10.1 Å². The molecule has 6 nitrogen and oxygen atoms in total. The molecule has 0 spiro atoms. The van der Waals surface area contributed by atoms with Crippen molar-refractivity contribution >= 4 is 22.8 Å². The molecule has 6 heteroatoms. The van der Waals surface area contributed by atoms with E-state index in [9.17, 15) is 14.9 Å². The number of nitro benzene ring substituents is 1. The molecule has 0 aliphatic rings. The lowest BCUT2D eigenvalue weighted by Crippen LogP contribution is -2.05. The molecule has 0 fully saturated rings. The number of carbonyl (C=O) groups excluding carboxylic acids is 1. The third kappa shape index (κ3) is 4.55. The molecule has 126 valence electrons. The van der Waals surface area contributed by atoms with E-state index in [1.165, 1.54) is 13.0 Å². The lowest BCUT2D eigenvalue weighted by molar-refractivity contribution is -0.384. The van der Waals surface area contributed by atoms with Crippen LogP contribution in [0.15, 0.2) is 42.5 Å². The molecule has 0 aliphatic heterocycles. The number of ketones is 1. The van der Waals surface area contributed by atoms with Crippen molar-refractivity contribution in [3.05, 3.63) is 63.7 Å². The fraction of sp³-hybridized carbons (Fsp3) is 0.278. The first-order chi connectivity index (χ1) is 11.5. The van der Waals surface area contributed by atoms with E-state index in [1.54, 1.807) is 12.1 Å². The highest BCUT2D eigenvalue weighted by atomic mass is 16.6. The van der Waals surface area contributed by atoms with E-state index in [-0.39, 0.29) is 11.5 Å². The summed E-state index contributed by atoms with van der Waals surface area (Å²) < 4.78 is 0. The minimum atomic E-state index is -0.480. The van der Waals surface area contributed by atoms with Crippen molar-refractivity contribution in [2.75, 3.05) is 17.2 Å². The molecule has 0 radical (unpaired) electrons. The van der Waals surface area contributed by atoms with Crippen molar-refractivity contribution < 1.29 is 9.72 Å². The standard InChI is InChI=1S/C18H21N3O3/c1-3-10-19-16-7-4-14(5-8-16)12-20-17-9-6-15(13(2)22)11-18(17)21(23)24/h4-9,11,19-20H,3,10,12H2,1-2H3. The summed E-state index contributed by atoms with van der Waals surface area (Å²) in [5.74, 6) is -0.195. The zero-order valence-electron chi connectivity index (χ0n) is 13.8. The Labute approximate surface area is 141 Å². The summed E-state index contributed by atoms with van der Waals surface area (Å²) in [5.41, 5.74) is 2.71. The average Bonchev–Trinajstić information content (AvgIpc) is 2.58. The molecule has 0 atom stereocenters. The van der Waals surface area contributed by atoms with E-state index in [4.69, 9.17) is 0 Å². The largest absolute Gasteiger partial charge is 0.385 e. The van der Waals surface area contributed by atoms with Gasteiger partial charge in [0.2, 0.25) is 0 Å². The summed E-state index contributed by atoms with van der Waals surface area (Å²) in [6.45, 7) is 4.89. The van der Waals surface area contributed by atoms with Crippen LogP contribution >= 0.6 is 0 Å². The molecule has 24 heavy (non-hydrogen) atoms. The second kappa shape index (κ2) is 8.10. The lowest BCUT2D eigenvalue weighted by Gasteiger charge is -2.09. The van der Waals surface area contributed by atoms with Crippen LogP contribution in [0.25, 0.3) is 0 Å². The summed E-state index contributed by atoms with van der Waals surface area (Å²) in [4.78, 5) is 22.1. The normalized spacial score (nSPS) is 10.2.